The second kappa shape index (κ2) is 6.92. The first-order valence-electron chi connectivity index (χ1n) is 6.69. The fraction of sp³-hybridized carbons (Fsp3) is 0.643. The summed E-state index contributed by atoms with van der Waals surface area (Å²) in [4.78, 5) is 5.87. The number of nitrogens with zero attached hydrogens (tertiary/aromatic N) is 2. The number of pyridine rings is 1. The number of hydrogen-bond donors (Lipinski definition) is 0. The van der Waals surface area contributed by atoms with E-state index >= 15 is 0 Å². The van der Waals surface area contributed by atoms with Crippen molar-refractivity contribution in [2.45, 2.75) is 45.5 Å². The molecule has 114 valence electrons. The number of ether oxygens (including phenoxy) is 1. The van der Waals surface area contributed by atoms with Crippen LogP contribution in [0.1, 0.15) is 32.8 Å². The molecule has 0 fully saturated rings. The molecule has 1 rings (SSSR count). The van der Waals surface area contributed by atoms with Gasteiger partial charge in [0.2, 0.25) is 5.88 Å². The van der Waals surface area contributed by atoms with Gasteiger partial charge in [0, 0.05) is 18.3 Å². The Kier molecular flexibility index (Phi) is 5.80. The van der Waals surface area contributed by atoms with E-state index in [0.29, 0.717) is 0 Å². The second-order valence-corrected chi connectivity index (χ2v) is 4.75. The molecule has 0 aliphatic rings. The molecule has 1 aromatic heterocycles. The van der Waals surface area contributed by atoms with E-state index in [-0.39, 0.29) is 18.0 Å². The Morgan fingerprint density at radius 1 is 1.30 bits per heavy atom. The van der Waals surface area contributed by atoms with Gasteiger partial charge in [-0.15, -0.1) is 0 Å². The fourth-order valence-electron chi connectivity index (χ4n) is 2.12. The third-order valence-electron chi connectivity index (χ3n) is 3.40. The first kappa shape index (κ1) is 16.8. The summed E-state index contributed by atoms with van der Waals surface area (Å²) in [7, 11) is 1.99. The third kappa shape index (κ3) is 4.37. The summed E-state index contributed by atoms with van der Waals surface area (Å²) in [5, 5.41) is 0. The van der Waals surface area contributed by atoms with Crippen molar-refractivity contribution >= 4 is 0 Å². The van der Waals surface area contributed by atoms with E-state index in [1.165, 1.54) is 6.07 Å². The van der Waals surface area contributed by atoms with Crippen LogP contribution in [0.5, 0.6) is 5.88 Å². The highest BCUT2D eigenvalue weighted by atomic mass is 19.4. The van der Waals surface area contributed by atoms with Crippen LogP contribution in [-0.4, -0.2) is 35.6 Å². The molecule has 2 unspecified atom stereocenters. The molecule has 0 amide bonds. The summed E-state index contributed by atoms with van der Waals surface area (Å²) in [5.41, 5.74) is -0.768. The first-order valence-corrected chi connectivity index (χ1v) is 6.69. The highest BCUT2D eigenvalue weighted by Gasteiger charge is 2.31. The van der Waals surface area contributed by atoms with Crippen molar-refractivity contribution in [3.63, 3.8) is 0 Å². The molecular formula is C14H21F3N2O. The Morgan fingerprint density at radius 2 is 1.95 bits per heavy atom. The molecule has 0 saturated carbocycles. The average Bonchev–Trinajstić information content (AvgIpc) is 2.38. The topological polar surface area (TPSA) is 25.4 Å². The Bertz CT molecular complexity index is 406. The molecule has 0 aromatic carbocycles. The van der Waals surface area contributed by atoms with Crippen molar-refractivity contribution in [2.75, 3.05) is 13.6 Å². The van der Waals surface area contributed by atoms with Gasteiger partial charge >= 0.3 is 6.18 Å². The summed E-state index contributed by atoms with van der Waals surface area (Å²) in [6.07, 6.45) is -2.82. The zero-order valence-corrected chi connectivity index (χ0v) is 12.2. The van der Waals surface area contributed by atoms with Crippen LogP contribution in [0.15, 0.2) is 18.3 Å². The van der Waals surface area contributed by atoms with E-state index < -0.39 is 11.7 Å². The molecule has 0 radical (unpaired) electrons. The van der Waals surface area contributed by atoms with Gasteiger partial charge in [-0.05, 0) is 33.0 Å². The molecule has 0 spiro atoms. The third-order valence-corrected chi connectivity index (χ3v) is 3.40. The van der Waals surface area contributed by atoms with Crippen molar-refractivity contribution in [3.8, 4) is 5.88 Å². The molecule has 3 nitrogen and oxygen atoms in total. The summed E-state index contributed by atoms with van der Waals surface area (Å²) in [5.74, 6) is 0.216. The van der Waals surface area contributed by atoms with Crippen LogP contribution in [0, 0.1) is 0 Å². The second-order valence-electron chi connectivity index (χ2n) is 4.75. The van der Waals surface area contributed by atoms with Crippen LogP contribution < -0.4 is 4.74 Å². The van der Waals surface area contributed by atoms with E-state index in [0.717, 1.165) is 25.2 Å². The van der Waals surface area contributed by atoms with Crippen LogP contribution in [0.4, 0.5) is 13.2 Å². The number of alkyl halides is 3. The highest BCUT2D eigenvalue weighted by Crippen LogP contribution is 2.29. The molecule has 2 atom stereocenters. The Labute approximate surface area is 117 Å². The van der Waals surface area contributed by atoms with Crippen molar-refractivity contribution in [1.82, 2.24) is 9.88 Å². The lowest BCUT2D eigenvalue weighted by Crippen LogP contribution is -2.42. The van der Waals surface area contributed by atoms with Crippen LogP contribution in [-0.2, 0) is 6.18 Å². The zero-order chi connectivity index (χ0) is 15.3. The first-order chi connectivity index (χ1) is 9.29. The molecule has 1 heterocycles. The van der Waals surface area contributed by atoms with E-state index in [1.807, 2.05) is 20.9 Å². The van der Waals surface area contributed by atoms with Gasteiger partial charge in [-0.2, -0.15) is 13.2 Å². The predicted molar refractivity (Wildman–Crippen MR) is 71.7 cm³/mol. The maximum absolute atomic E-state index is 12.4. The summed E-state index contributed by atoms with van der Waals surface area (Å²) in [6, 6.07) is 2.45. The van der Waals surface area contributed by atoms with Crippen molar-refractivity contribution in [3.05, 3.63) is 23.9 Å². The van der Waals surface area contributed by atoms with Gasteiger partial charge < -0.3 is 9.64 Å². The molecule has 6 heteroatoms. The smallest absolute Gasteiger partial charge is 0.417 e. The average molecular weight is 290 g/mol. The number of rotatable bonds is 6. The van der Waals surface area contributed by atoms with Gasteiger partial charge in [0.25, 0.3) is 0 Å². The minimum Gasteiger partial charge on any atom is -0.473 e. The number of likely N-dealkylation sites (N-methyl/N-ethyl adjacent to an activating group) is 1. The molecule has 0 N–H and O–H groups in total. The number of halogens is 3. The van der Waals surface area contributed by atoms with Gasteiger partial charge in [-0.3, -0.25) is 0 Å². The van der Waals surface area contributed by atoms with Gasteiger partial charge in [-0.25, -0.2) is 4.98 Å². The Balaban J connectivity index is 2.73. The lowest BCUT2D eigenvalue weighted by Gasteiger charge is -2.31. The monoisotopic (exact) mass is 290 g/mol. The van der Waals surface area contributed by atoms with E-state index in [1.54, 1.807) is 0 Å². The number of hydrogen-bond acceptors (Lipinski definition) is 3. The van der Waals surface area contributed by atoms with E-state index in [4.69, 9.17) is 4.74 Å². The van der Waals surface area contributed by atoms with Gasteiger partial charge in [-0.1, -0.05) is 13.8 Å². The molecule has 0 saturated heterocycles. The summed E-state index contributed by atoms with van der Waals surface area (Å²) < 4.78 is 42.9. The quantitative estimate of drug-likeness (QED) is 0.800. The lowest BCUT2D eigenvalue weighted by molar-refractivity contribution is -0.137. The fourth-order valence-corrected chi connectivity index (χ4v) is 2.12. The Hall–Kier alpha value is -1.30. The van der Waals surface area contributed by atoms with Crippen LogP contribution in [0.2, 0.25) is 0 Å². The van der Waals surface area contributed by atoms with Gasteiger partial charge in [0.1, 0.15) is 6.10 Å². The number of aromatic nitrogens is 1. The van der Waals surface area contributed by atoms with Crippen LogP contribution >= 0.6 is 0 Å². The van der Waals surface area contributed by atoms with Crippen LogP contribution in [0.25, 0.3) is 0 Å². The molecule has 1 aromatic rings. The molecule has 20 heavy (non-hydrogen) atoms. The maximum Gasteiger partial charge on any atom is 0.417 e. The molecule has 0 aliphatic carbocycles. The van der Waals surface area contributed by atoms with Crippen molar-refractivity contribution < 1.29 is 17.9 Å². The van der Waals surface area contributed by atoms with Crippen molar-refractivity contribution in [1.29, 1.82) is 0 Å². The minimum absolute atomic E-state index is 0.144. The lowest BCUT2D eigenvalue weighted by atomic mass is 10.1. The predicted octanol–water partition coefficient (Wildman–Crippen LogP) is 3.60. The minimum atomic E-state index is -4.37. The standard InChI is InChI=1S/C14H21F3N2O/c1-5-12(19(4)6-2)10(3)20-13-8-7-11(9-18-13)14(15,16)17/h7-10,12H,5-6H2,1-4H3. The molecular weight excluding hydrogens is 269 g/mol. The summed E-state index contributed by atoms with van der Waals surface area (Å²) >= 11 is 0. The zero-order valence-electron chi connectivity index (χ0n) is 12.2. The van der Waals surface area contributed by atoms with Gasteiger partial charge in [0.05, 0.1) is 5.56 Å². The molecule has 0 bridgehead atoms. The van der Waals surface area contributed by atoms with Crippen molar-refractivity contribution in [2.24, 2.45) is 0 Å². The normalized spacial score (nSPS) is 15.2. The maximum atomic E-state index is 12.4. The SMILES string of the molecule is CCC(C(C)Oc1ccc(C(F)(F)F)cn1)N(C)CC. The van der Waals surface area contributed by atoms with E-state index in [9.17, 15) is 13.2 Å². The summed E-state index contributed by atoms with van der Waals surface area (Å²) in [6.45, 7) is 6.88. The molecule has 0 aliphatic heterocycles. The van der Waals surface area contributed by atoms with E-state index in [2.05, 4.69) is 16.8 Å². The van der Waals surface area contributed by atoms with Crippen LogP contribution in [0.3, 0.4) is 0 Å². The van der Waals surface area contributed by atoms with Gasteiger partial charge in [0.15, 0.2) is 0 Å². The Morgan fingerprint density at radius 3 is 2.35 bits per heavy atom. The highest BCUT2D eigenvalue weighted by molar-refractivity contribution is 5.20. The largest absolute Gasteiger partial charge is 0.473 e.